The standard InChI is InChI=1S/C27H27FN2O5S/c1-6-34-26(32)23-16(4)29-27-30(25(31)22(36-27)13-17-8-7-9-19(28)12-17)24(23)18-10-11-20(35-15(2)3)21(14-18)33-5/h7-15,24H,6H2,1-5H3/b22-13-/t24-/m1/s1. The van der Waals surface area contributed by atoms with Crippen molar-refractivity contribution in [3.63, 3.8) is 0 Å². The van der Waals surface area contributed by atoms with Gasteiger partial charge in [-0.2, -0.15) is 0 Å². The molecule has 3 aromatic rings. The molecule has 9 heteroatoms. The van der Waals surface area contributed by atoms with Gasteiger partial charge in [-0.05, 0) is 69.2 Å². The second kappa shape index (κ2) is 10.5. The summed E-state index contributed by atoms with van der Waals surface area (Å²) in [5.74, 6) is 0.0735. The molecule has 0 aliphatic carbocycles. The van der Waals surface area contributed by atoms with E-state index in [9.17, 15) is 14.0 Å². The highest BCUT2D eigenvalue weighted by Crippen LogP contribution is 2.36. The summed E-state index contributed by atoms with van der Waals surface area (Å²) in [5, 5.41) is 0. The van der Waals surface area contributed by atoms with Gasteiger partial charge in [0.25, 0.3) is 5.56 Å². The van der Waals surface area contributed by atoms with Crippen molar-refractivity contribution >= 4 is 23.4 Å². The van der Waals surface area contributed by atoms with Gasteiger partial charge in [-0.25, -0.2) is 14.2 Å². The number of thiazole rings is 1. The Balaban J connectivity index is 1.95. The zero-order chi connectivity index (χ0) is 26.0. The number of benzene rings is 2. The highest BCUT2D eigenvalue weighted by molar-refractivity contribution is 7.07. The number of carbonyl (C=O) groups is 1. The predicted molar refractivity (Wildman–Crippen MR) is 136 cm³/mol. The van der Waals surface area contributed by atoms with E-state index in [1.54, 1.807) is 50.3 Å². The van der Waals surface area contributed by atoms with Crippen molar-refractivity contribution in [1.82, 2.24) is 4.57 Å². The van der Waals surface area contributed by atoms with E-state index in [0.29, 0.717) is 37.7 Å². The first kappa shape index (κ1) is 25.4. The molecule has 1 atom stereocenters. The summed E-state index contributed by atoms with van der Waals surface area (Å²) in [7, 11) is 1.53. The number of fused-ring (bicyclic) bond motifs is 1. The van der Waals surface area contributed by atoms with Crippen LogP contribution in [0.4, 0.5) is 4.39 Å². The van der Waals surface area contributed by atoms with Crippen LogP contribution in [0.1, 0.15) is 44.9 Å². The van der Waals surface area contributed by atoms with Crippen LogP contribution in [-0.4, -0.2) is 30.4 Å². The lowest BCUT2D eigenvalue weighted by Crippen LogP contribution is -2.40. The maximum Gasteiger partial charge on any atom is 0.338 e. The zero-order valence-corrected chi connectivity index (χ0v) is 21.5. The number of carbonyl (C=O) groups excluding carboxylic acids is 1. The summed E-state index contributed by atoms with van der Waals surface area (Å²) in [6.07, 6.45) is 1.55. The second-order valence-electron chi connectivity index (χ2n) is 8.43. The van der Waals surface area contributed by atoms with Crippen molar-refractivity contribution in [1.29, 1.82) is 0 Å². The third kappa shape index (κ3) is 4.97. The Morgan fingerprint density at radius 2 is 2.00 bits per heavy atom. The smallest absolute Gasteiger partial charge is 0.338 e. The number of methoxy groups -OCH3 is 1. The van der Waals surface area contributed by atoms with Gasteiger partial charge in [0.05, 0.1) is 41.7 Å². The van der Waals surface area contributed by atoms with Crippen molar-refractivity contribution in [3.8, 4) is 11.5 Å². The van der Waals surface area contributed by atoms with E-state index >= 15 is 0 Å². The first-order valence-electron chi connectivity index (χ1n) is 11.5. The molecule has 0 bridgehead atoms. The van der Waals surface area contributed by atoms with Gasteiger partial charge in [0.1, 0.15) is 5.82 Å². The van der Waals surface area contributed by atoms with Crippen molar-refractivity contribution < 1.29 is 23.4 Å². The third-order valence-corrected chi connectivity index (χ3v) is 6.51. The van der Waals surface area contributed by atoms with Crippen LogP contribution in [0.25, 0.3) is 6.08 Å². The summed E-state index contributed by atoms with van der Waals surface area (Å²) < 4.78 is 32.3. The summed E-state index contributed by atoms with van der Waals surface area (Å²) in [6.45, 7) is 7.44. The van der Waals surface area contributed by atoms with Gasteiger partial charge >= 0.3 is 5.97 Å². The molecular formula is C27H27FN2O5S. The van der Waals surface area contributed by atoms with E-state index in [1.165, 1.54) is 35.1 Å². The minimum Gasteiger partial charge on any atom is -0.493 e. The molecule has 0 N–H and O–H groups in total. The van der Waals surface area contributed by atoms with Gasteiger partial charge in [0.15, 0.2) is 16.3 Å². The lowest BCUT2D eigenvalue weighted by atomic mass is 9.95. The van der Waals surface area contributed by atoms with Gasteiger partial charge in [0, 0.05) is 0 Å². The molecule has 188 valence electrons. The first-order chi connectivity index (χ1) is 17.2. The van der Waals surface area contributed by atoms with E-state index in [2.05, 4.69) is 4.99 Å². The van der Waals surface area contributed by atoms with Crippen LogP contribution in [0.15, 0.2) is 63.5 Å². The molecule has 1 aromatic heterocycles. The van der Waals surface area contributed by atoms with Crippen molar-refractivity contribution in [2.45, 2.75) is 39.8 Å². The molecule has 0 radical (unpaired) electrons. The topological polar surface area (TPSA) is 79.1 Å². The highest BCUT2D eigenvalue weighted by Gasteiger charge is 2.34. The van der Waals surface area contributed by atoms with Crippen LogP contribution in [0.3, 0.4) is 0 Å². The molecule has 0 amide bonds. The normalized spacial score (nSPS) is 15.5. The number of nitrogens with zero attached hydrogens (tertiary/aromatic N) is 2. The summed E-state index contributed by atoms with van der Waals surface area (Å²) in [6, 6.07) is 10.5. The number of hydrogen-bond donors (Lipinski definition) is 0. The SMILES string of the molecule is CCOC(=O)C1=C(C)N=c2s/c(=C\c3cccc(F)c3)c(=O)n2[C@@H]1c1ccc(OC(C)C)c(OC)c1. The van der Waals surface area contributed by atoms with Crippen LogP contribution in [0.5, 0.6) is 11.5 Å². The Bertz CT molecular complexity index is 1520. The Labute approximate surface area is 211 Å². The van der Waals surface area contributed by atoms with E-state index < -0.39 is 17.8 Å². The van der Waals surface area contributed by atoms with Crippen LogP contribution >= 0.6 is 11.3 Å². The number of esters is 1. The monoisotopic (exact) mass is 510 g/mol. The van der Waals surface area contributed by atoms with E-state index in [0.717, 1.165) is 0 Å². The molecule has 1 aliphatic heterocycles. The number of halogens is 1. The van der Waals surface area contributed by atoms with E-state index in [4.69, 9.17) is 14.2 Å². The third-order valence-electron chi connectivity index (χ3n) is 5.53. The highest BCUT2D eigenvalue weighted by atomic mass is 32.1. The molecule has 0 saturated carbocycles. The summed E-state index contributed by atoms with van der Waals surface area (Å²) >= 11 is 1.18. The van der Waals surface area contributed by atoms with Crippen LogP contribution in [-0.2, 0) is 9.53 Å². The number of ether oxygens (including phenoxy) is 3. The molecule has 0 unspecified atom stereocenters. The molecule has 4 rings (SSSR count). The van der Waals surface area contributed by atoms with Gasteiger partial charge in [0.2, 0.25) is 0 Å². The average molecular weight is 511 g/mol. The Hall–Kier alpha value is -3.72. The maximum absolute atomic E-state index is 13.7. The van der Waals surface area contributed by atoms with Crippen LogP contribution in [0, 0.1) is 5.82 Å². The molecule has 7 nitrogen and oxygen atoms in total. The fraction of sp³-hybridized carbons (Fsp3) is 0.296. The Kier molecular flexibility index (Phi) is 7.40. The molecular weight excluding hydrogens is 483 g/mol. The maximum atomic E-state index is 13.7. The van der Waals surface area contributed by atoms with Crippen LogP contribution < -0.4 is 24.4 Å². The molecule has 2 heterocycles. The van der Waals surface area contributed by atoms with E-state index in [-0.39, 0.29) is 23.8 Å². The average Bonchev–Trinajstić information content (AvgIpc) is 3.12. The molecule has 0 saturated heterocycles. The van der Waals surface area contributed by atoms with Crippen molar-refractivity contribution in [2.24, 2.45) is 4.99 Å². The number of rotatable bonds is 7. The van der Waals surface area contributed by atoms with Crippen molar-refractivity contribution in [3.05, 3.63) is 90.4 Å². The number of allylic oxidation sites excluding steroid dienone is 1. The summed E-state index contributed by atoms with van der Waals surface area (Å²) in [4.78, 5) is 31.7. The van der Waals surface area contributed by atoms with Gasteiger partial charge < -0.3 is 14.2 Å². The fourth-order valence-electron chi connectivity index (χ4n) is 4.06. The van der Waals surface area contributed by atoms with Gasteiger partial charge in [-0.15, -0.1) is 0 Å². The quantitative estimate of drug-likeness (QED) is 0.453. The number of aromatic nitrogens is 1. The lowest BCUT2D eigenvalue weighted by molar-refractivity contribution is -0.139. The minimum atomic E-state index is -0.794. The molecule has 36 heavy (non-hydrogen) atoms. The molecule has 0 fully saturated rings. The molecule has 2 aromatic carbocycles. The predicted octanol–water partition coefficient (Wildman–Crippen LogP) is 3.73. The van der Waals surface area contributed by atoms with Crippen LogP contribution in [0.2, 0.25) is 0 Å². The Morgan fingerprint density at radius 1 is 1.22 bits per heavy atom. The van der Waals surface area contributed by atoms with E-state index in [1.807, 2.05) is 13.8 Å². The fourth-order valence-corrected chi connectivity index (χ4v) is 5.11. The minimum absolute atomic E-state index is 0.0671. The largest absolute Gasteiger partial charge is 0.493 e. The lowest BCUT2D eigenvalue weighted by Gasteiger charge is -2.25. The summed E-state index contributed by atoms with van der Waals surface area (Å²) in [5.41, 5.74) is 1.57. The Morgan fingerprint density at radius 3 is 2.67 bits per heavy atom. The number of hydrogen-bond acceptors (Lipinski definition) is 7. The molecule has 0 spiro atoms. The van der Waals surface area contributed by atoms with Crippen molar-refractivity contribution in [2.75, 3.05) is 13.7 Å². The first-order valence-corrected chi connectivity index (χ1v) is 12.3. The molecule has 1 aliphatic rings. The van der Waals surface area contributed by atoms with Gasteiger partial charge in [-0.3, -0.25) is 9.36 Å². The zero-order valence-electron chi connectivity index (χ0n) is 20.7. The second-order valence-corrected chi connectivity index (χ2v) is 9.44. The van der Waals surface area contributed by atoms with Gasteiger partial charge in [-0.1, -0.05) is 29.5 Å².